The van der Waals surface area contributed by atoms with E-state index in [9.17, 15) is 28.6 Å². The number of hydrogen-bond acceptors (Lipinski definition) is 7. The van der Waals surface area contributed by atoms with Crippen LogP contribution in [0.15, 0.2) is 54.8 Å². The van der Waals surface area contributed by atoms with E-state index in [0.29, 0.717) is 0 Å². The summed E-state index contributed by atoms with van der Waals surface area (Å²) in [6, 6.07) is 7.41. The summed E-state index contributed by atoms with van der Waals surface area (Å²) in [5.74, 6) is -3.43. The molecule has 0 amide bonds. The van der Waals surface area contributed by atoms with E-state index in [4.69, 9.17) is 8.83 Å². The lowest BCUT2D eigenvalue weighted by atomic mass is 9.91. The number of alkyl halides is 2. The quantitative estimate of drug-likeness (QED) is 0.668. The smallest absolute Gasteiger partial charge is 0.387 e. The highest BCUT2D eigenvalue weighted by molar-refractivity contribution is 5.47. The molecule has 0 aliphatic rings. The van der Waals surface area contributed by atoms with Crippen molar-refractivity contribution in [3.05, 3.63) is 85.4 Å². The summed E-state index contributed by atoms with van der Waals surface area (Å²) in [6.45, 7) is -0.159. The number of halogens is 2. The fourth-order valence-corrected chi connectivity index (χ4v) is 2.93. The van der Waals surface area contributed by atoms with Gasteiger partial charge in [0, 0.05) is 12.1 Å². The molecular weight excluding hydrogens is 390 g/mol. The topological polar surface area (TPSA) is 110 Å². The van der Waals surface area contributed by atoms with Crippen LogP contribution in [-0.2, 0) is 0 Å². The minimum atomic E-state index is -3.08. The second-order valence-electron chi connectivity index (χ2n) is 6.25. The molecule has 2 heterocycles. The van der Waals surface area contributed by atoms with Crippen LogP contribution in [0.1, 0.15) is 34.5 Å². The molecule has 152 valence electrons. The Bertz CT molecular complexity index is 1100. The Kier molecular flexibility index (Phi) is 5.40. The maximum atomic E-state index is 12.6. The summed E-state index contributed by atoms with van der Waals surface area (Å²) in [5.41, 5.74) is -1.36. The van der Waals surface area contributed by atoms with Crippen LogP contribution in [0.3, 0.4) is 0 Å². The minimum absolute atomic E-state index is 0.141. The molecule has 29 heavy (non-hydrogen) atoms. The van der Waals surface area contributed by atoms with Crippen molar-refractivity contribution in [2.75, 3.05) is 0 Å². The van der Waals surface area contributed by atoms with E-state index < -0.39 is 34.9 Å². The van der Waals surface area contributed by atoms with Crippen molar-refractivity contribution in [2.24, 2.45) is 0 Å². The first kappa shape index (κ1) is 20.1. The molecule has 0 saturated heterocycles. The highest BCUT2D eigenvalue weighted by Crippen LogP contribution is 2.40. The molecule has 0 bridgehead atoms. The number of aromatic hydroxyl groups is 2. The fourth-order valence-electron chi connectivity index (χ4n) is 2.93. The van der Waals surface area contributed by atoms with Crippen LogP contribution in [0.4, 0.5) is 8.78 Å². The van der Waals surface area contributed by atoms with Crippen LogP contribution in [0, 0.1) is 13.8 Å². The van der Waals surface area contributed by atoms with E-state index in [-0.39, 0.29) is 34.4 Å². The first-order chi connectivity index (χ1) is 13.7. The molecule has 0 fully saturated rings. The number of ether oxygens (including phenoxy) is 1. The zero-order chi connectivity index (χ0) is 21.3. The zero-order valence-electron chi connectivity index (χ0n) is 15.3. The van der Waals surface area contributed by atoms with Crippen LogP contribution in [0.25, 0.3) is 0 Å². The van der Waals surface area contributed by atoms with Crippen molar-refractivity contribution in [2.45, 2.75) is 26.4 Å². The predicted molar refractivity (Wildman–Crippen MR) is 96.8 cm³/mol. The third kappa shape index (κ3) is 4.13. The van der Waals surface area contributed by atoms with Crippen molar-refractivity contribution in [1.82, 2.24) is 0 Å². The maximum absolute atomic E-state index is 12.6. The van der Waals surface area contributed by atoms with Gasteiger partial charge < -0.3 is 23.8 Å². The maximum Gasteiger partial charge on any atom is 0.387 e. The van der Waals surface area contributed by atoms with Crippen molar-refractivity contribution in [3.63, 3.8) is 0 Å². The SMILES string of the molecule is Cc1cc(=O)c(O)c(C(c2cccc(OC(F)F)c2)c2oc(C)cc(=O)c2O)o1. The third-order valence-corrected chi connectivity index (χ3v) is 4.09. The highest BCUT2D eigenvalue weighted by Gasteiger charge is 2.31. The molecule has 0 saturated carbocycles. The number of benzene rings is 1. The lowest BCUT2D eigenvalue weighted by Crippen LogP contribution is -2.13. The van der Waals surface area contributed by atoms with Crippen molar-refractivity contribution >= 4 is 0 Å². The van der Waals surface area contributed by atoms with Crippen LogP contribution in [0.2, 0.25) is 0 Å². The Morgan fingerprint density at radius 2 is 1.41 bits per heavy atom. The molecule has 3 rings (SSSR count). The molecule has 0 atom stereocenters. The van der Waals surface area contributed by atoms with Crippen LogP contribution >= 0.6 is 0 Å². The largest absolute Gasteiger partial charge is 0.502 e. The lowest BCUT2D eigenvalue weighted by Gasteiger charge is -2.19. The summed E-state index contributed by atoms with van der Waals surface area (Å²) in [7, 11) is 0. The molecule has 0 spiro atoms. The first-order valence-corrected chi connectivity index (χ1v) is 8.39. The van der Waals surface area contributed by atoms with Gasteiger partial charge in [-0.15, -0.1) is 0 Å². The van der Waals surface area contributed by atoms with Gasteiger partial charge in [0.2, 0.25) is 22.4 Å². The van der Waals surface area contributed by atoms with Gasteiger partial charge in [-0.25, -0.2) is 0 Å². The van der Waals surface area contributed by atoms with Gasteiger partial charge in [-0.1, -0.05) is 12.1 Å². The molecule has 9 heteroatoms. The summed E-state index contributed by atoms with van der Waals surface area (Å²) in [4.78, 5) is 24.1. The minimum Gasteiger partial charge on any atom is -0.502 e. The predicted octanol–water partition coefficient (Wildman–Crippen LogP) is 3.40. The van der Waals surface area contributed by atoms with Crippen LogP contribution < -0.4 is 15.6 Å². The summed E-state index contributed by atoms with van der Waals surface area (Å²) in [5, 5.41) is 20.6. The Balaban J connectivity index is 2.33. The summed E-state index contributed by atoms with van der Waals surface area (Å²) in [6.07, 6.45) is 0. The lowest BCUT2D eigenvalue weighted by molar-refractivity contribution is -0.0498. The van der Waals surface area contributed by atoms with E-state index in [0.717, 1.165) is 12.1 Å². The zero-order valence-corrected chi connectivity index (χ0v) is 15.3. The molecule has 0 aliphatic carbocycles. The third-order valence-electron chi connectivity index (χ3n) is 4.09. The van der Waals surface area contributed by atoms with Crippen LogP contribution in [0.5, 0.6) is 17.2 Å². The standard InChI is InChI=1S/C20H16F2O7/c1-9-6-13(23)16(25)18(27-9)15(19-17(26)14(24)7-10(2)28-19)11-4-3-5-12(8-11)29-20(21)22/h3-8,15,20,25-26H,1-2H3. The Hall–Kier alpha value is -3.62. The van der Waals surface area contributed by atoms with E-state index >= 15 is 0 Å². The average molecular weight is 406 g/mol. The van der Waals surface area contributed by atoms with Gasteiger partial charge in [0.25, 0.3) is 0 Å². The fraction of sp³-hybridized carbons (Fsp3) is 0.200. The number of rotatable bonds is 5. The molecular formula is C20H16F2O7. The average Bonchev–Trinajstić information content (AvgIpc) is 2.63. The number of aryl methyl sites for hydroxylation is 2. The second-order valence-corrected chi connectivity index (χ2v) is 6.25. The molecule has 7 nitrogen and oxygen atoms in total. The van der Waals surface area contributed by atoms with Gasteiger partial charge in [0.1, 0.15) is 23.2 Å². The molecule has 2 N–H and O–H groups in total. The van der Waals surface area contributed by atoms with Crippen molar-refractivity contribution < 1.29 is 32.6 Å². The Labute approximate surface area is 162 Å². The molecule has 0 aliphatic heterocycles. The molecule has 0 unspecified atom stereocenters. The van der Waals surface area contributed by atoms with Gasteiger partial charge in [0.05, 0.1) is 0 Å². The van der Waals surface area contributed by atoms with E-state index in [1.807, 2.05) is 0 Å². The van der Waals surface area contributed by atoms with E-state index in [2.05, 4.69) is 4.74 Å². The van der Waals surface area contributed by atoms with E-state index in [1.165, 1.54) is 38.1 Å². The normalized spacial score (nSPS) is 11.2. The molecule has 3 aromatic rings. The Morgan fingerprint density at radius 3 is 1.90 bits per heavy atom. The monoisotopic (exact) mass is 406 g/mol. The van der Waals surface area contributed by atoms with Gasteiger partial charge in [-0.05, 0) is 31.5 Å². The molecule has 1 aromatic carbocycles. The Morgan fingerprint density at radius 1 is 0.897 bits per heavy atom. The number of hydrogen-bond donors (Lipinski definition) is 2. The van der Waals surface area contributed by atoms with Crippen molar-refractivity contribution in [1.29, 1.82) is 0 Å². The highest BCUT2D eigenvalue weighted by atomic mass is 19.3. The van der Waals surface area contributed by atoms with Crippen LogP contribution in [-0.4, -0.2) is 16.8 Å². The van der Waals surface area contributed by atoms with Gasteiger partial charge in [0.15, 0.2) is 11.5 Å². The molecule has 2 aromatic heterocycles. The van der Waals surface area contributed by atoms with E-state index in [1.54, 1.807) is 0 Å². The first-order valence-electron chi connectivity index (χ1n) is 8.39. The van der Waals surface area contributed by atoms with Gasteiger partial charge in [-0.2, -0.15) is 8.78 Å². The summed E-state index contributed by atoms with van der Waals surface area (Å²) >= 11 is 0. The van der Waals surface area contributed by atoms with Gasteiger partial charge in [-0.3, -0.25) is 9.59 Å². The second kappa shape index (κ2) is 7.78. The van der Waals surface area contributed by atoms with Gasteiger partial charge >= 0.3 is 6.61 Å². The molecule has 0 radical (unpaired) electrons. The van der Waals surface area contributed by atoms with Crippen molar-refractivity contribution in [3.8, 4) is 17.2 Å². The summed E-state index contributed by atoms with van der Waals surface area (Å²) < 4.78 is 40.6.